The number of aromatic nitrogens is 2. The number of piperidine rings is 1. The first-order valence-corrected chi connectivity index (χ1v) is 9.72. The van der Waals surface area contributed by atoms with Gasteiger partial charge < -0.3 is 9.64 Å². The highest BCUT2D eigenvalue weighted by Crippen LogP contribution is 2.23. The average molecular weight is 362 g/mol. The number of ether oxygens (including phenoxy) is 1. The van der Waals surface area contributed by atoms with E-state index in [0.717, 1.165) is 31.5 Å². The average Bonchev–Trinajstić information content (AvgIpc) is 2.62. The third-order valence-electron chi connectivity index (χ3n) is 4.21. The lowest BCUT2D eigenvalue weighted by Crippen LogP contribution is -2.30. The molecule has 1 aromatic heterocycles. The number of nitrogens with zero attached hydrogens (tertiary/aromatic N) is 3. The highest BCUT2D eigenvalue weighted by atomic mass is 32.2. The van der Waals surface area contributed by atoms with Crippen molar-refractivity contribution in [2.45, 2.75) is 31.1 Å². The van der Waals surface area contributed by atoms with Gasteiger partial charge >= 0.3 is 0 Å². The van der Waals surface area contributed by atoms with E-state index in [2.05, 4.69) is 19.6 Å². The molecule has 1 aliphatic rings. The van der Waals surface area contributed by atoms with Crippen LogP contribution < -0.4 is 14.4 Å². The Labute approximate surface area is 148 Å². The number of nitrogens with one attached hydrogen (secondary N) is 1. The Hall–Kier alpha value is -2.35. The van der Waals surface area contributed by atoms with E-state index in [0.29, 0.717) is 17.4 Å². The Kier molecular flexibility index (Phi) is 5.08. The molecular formula is C17H22N4O3S. The molecule has 8 heteroatoms. The predicted molar refractivity (Wildman–Crippen MR) is 96.6 cm³/mol. The Morgan fingerprint density at radius 2 is 1.80 bits per heavy atom. The van der Waals surface area contributed by atoms with E-state index in [1.54, 1.807) is 26.2 Å². The molecule has 0 bridgehead atoms. The van der Waals surface area contributed by atoms with Crippen molar-refractivity contribution in [1.29, 1.82) is 0 Å². The predicted octanol–water partition coefficient (Wildman–Crippen LogP) is 2.58. The van der Waals surface area contributed by atoms with Crippen molar-refractivity contribution in [3.63, 3.8) is 0 Å². The fraction of sp³-hybridized carbons (Fsp3) is 0.412. The molecule has 0 saturated carbocycles. The summed E-state index contributed by atoms with van der Waals surface area (Å²) in [5.74, 6) is 1.29. The zero-order valence-corrected chi connectivity index (χ0v) is 15.2. The van der Waals surface area contributed by atoms with Crippen molar-refractivity contribution in [2.75, 3.05) is 29.8 Å². The summed E-state index contributed by atoms with van der Waals surface area (Å²) in [5, 5.41) is 0. The topological polar surface area (TPSA) is 84.4 Å². The zero-order chi connectivity index (χ0) is 17.9. The van der Waals surface area contributed by atoms with Gasteiger partial charge in [-0.05, 0) is 49.9 Å². The summed E-state index contributed by atoms with van der Waals surface area (Å²) in [7, 11) is -2.15. The van der Waals surface area contributed by atoms with E-state index < -0.39 is 10.0 Å². The molecule has 1 saturated heterocycles. The van der Waals surface area contributed by atoms with Gasteiger partial charge in [0.05, 0.1) is 30.1 Å². The first-order valence-electron chi connectivity index (χ1n) is 8.24. The lowest BCUT2D eigenvalue weighted by molar-refractivity contribution is 0.411. The summed E-state index contributed by atoms with van der Waals surface area (Å²) in [4.78, 5) is 10.9. The number of benzene rings is 1. The molecule has 25 heavy (non-hydrogen) atoms. The quantitative estimate of drug-likeness (QED) is 0.880. The van der Waals surface area contributed by atoms with Gasteiger partial charge in [0.2, 0.25) is 5.95 Å². The van der Waals surface area contributed by atoms with Crippen LogP contribution in [0.1, 0.15) is 24.8 Å². The minimum Gasteiger partial charge on any atom is -0.496 e. The van der Waals surface area contributed by atoms with E-state index in [1.807, 2.05) is 0 Å². The Morgan fingerprint density at radius 1 is 1.12 bits per heavy atom. The SMILES string of the molecule is COc1ccc(S(=O)(=O)Nc2cnc(N3CCCCC3)nc2)cc1C. The number of hydrogen-bond acceptors (Lipinski definition) is 6. The standard InChI is InChI=1S/C17H22N4O3S/c1-13-10-15(6-7-16(13)24-2)25(22,23)20-14-11-18-17(19-12-14)21-8-4-3-5-9-21/h6-7,10-12,20H,3-5,8-9H2,1-2H3. The summed E-state index contributed by atoms with van der Waals surface area (Å²) >= 11 is 0. The van der Waals surface area contributed by atoms with Gasteiger partial charge in [-0.1, -0.05) is 0 Å². The second kappa shape index (κ2) is 7.26. The van der Waals surface area contributed by atoms with Crippen molar-refractivity contribution in [1.82, 2.24) is 9.97 Å². The van der Waals surface area contributed by atoms with Crippen LogP contribution in [-0.4, -0.2) is 38.6 Å². The van der Waals surface area contributed by atoms with Gasteiger partial charge in [-0.3, -0.25) is 4.72 Å². The molecule has 2 heterocycles. The van der Waals surface area contributed by atoms with Crippen LogP contribution in [0.4, 0.5) is 11.6 Å². The molecule has 0 amide bonds. The van der Waals surface area contributed by atoms with E-state index in [-0.39, 0.29) is 4.90 Å². The first kappa shape index (κ1) is 17.5. The van der Waals surface area contributed by atoms with E-state index >= 15 is 0 Å². The summed E-state index contributed by atoms with van der Waals surface area (Å²) in [6.45, 7) is 3.68. The second-order valence-electron chi connectivity index (χ2n) is 6.06. The molecule has 134 valence electrons. The molecule has 0 atom stereocenters. The molecular weight excluding hydrogens is 340 g/mol. The zero-order valence-electron chi connectivity index (χ0n) is 14.4. The van der Waals surface area contributed by atoms with Crippen molar-refractivity contribution in [3.8, 4) is 5.75 Å². The maximum atomic E-state index is 12.5. The monoisotopic (exact) mass is 362 g/mol. The van der Waals surface area contributed by atoms with Crippen molar-refractivity contribution < 1.29 is 13.2 Å². The van der Waals surface area contributed by atoms with Gasteiger partial charge in [-0.15, -0.1) is 0 Å². The number of anilines is 2. The van der Waals surface area contributed by atoms with Crippen molar-refractivity contribution in [2.24, 2.45) is 0 Å². The van der Waals surface area contributed by atoms with Crippen LogP contribution in [0.5, 0.6) is 5.75 Å². The normalized spacial score (nSPS) is 15.0. The number of rotatable bonds is 5. The Balaban J connectivity index is 1.75. The number of hydrogen-bond donors (Lipinski definition) is 1. The summed E-state index contributed by atoms with van der Waals surface area (Å²) < 4.78 is 32.7. The Bertz CT molecular complexity index is 831. The molecule has 7 nitrogen and oxygen atoms in total. The highest BCUT2D eigenvalue weighted by molar-refractivity contribution is 7.92. The molecule has 0 radical (unpaired) electrons. The lowest BCUT2D eigenvalue weighted by Gasteiger charge is -2.26. The fourth-order valence-corrected chi connectivity index (χ4v) is 3.98. The van der Waals surface area contributed by atoms with Crippen LogP contribution in [0.2, 0.25) is 0 Å². The maximum absolute atomic E-state index is 12.5. The second-order valence-corrected chi connectivity index (χ2v) is 7.74. The first-order chi connectivity index (χ1) is 12.0. The smallest absolute Gasteiger partial charge is 0.262 e. The van der Waals surface area contributed by atoms with Gasteiger partial charge in [0.1, 0.15) is 5.75 Å². The molecule has 0 aliphatic carbocycles. The molecule has 0 spiro atoms. The number of methoxy groups -OCH3 is 1. The van der Waals surface area contributed by atoms with Crippen LogP contribution in [0.3, 0.4) is 0 Å². The minimum atomic E-state index is -3.70. The summed E-state index contributed by atoms with van der Waals surface area (Å²) in [5.41, 5.74) is 1.09. The van der Waals surface area contributed by atoms with Gasteiger partial charge in [0.15, 0.2) is 0 Å². The number of aryl methyl sites for hydroxylation is 1. The molecule has 1 N–H and O–H groups in total. The minimum absolute atomic E-state index is 0.172. The maximum Gasteiger partial charge on any atom is 0.262 e. The molecule has 0 unspecified atom stereocenters. The fourth-order valence-electron chi connectivity index (χ4n) is 2.86. The highest BCUT2D eigenvalue weighted by Gasteiger charge is 2.17. The number of sulfonamides is 1. The van der Waals surface area contributed by atoms with Crippen molar-refractivity contribution >= 4 is 21.7 Å². The van der Waals surface area contributed by atoms with Crippen LogP contribution in [0.15, 0.2) is 35.5 Å². The van der Waals surface area contributed by atoms with Crippen LogP contribution in [0.25, 0.3) is 0 Å². The van der Waals surface area contributed by atoms with Gasteiger partial charge in [-0.25, -0.2) is 18.4 Å². The van der Waals surface area contributed by atoms with Crippen molar-refractivity contribution in [3.05, 3.63) is 36.2 Å². The molecule has 1 fully saturated rings. The van der Waals surface area contributed by atoms with E-state index in [9.17, 15) is 8.42 Å². The van der Waals surface area contributed by atoms with E-state index in [1.165, 1.54) is 24.9 Å². The van der Waals surface area contributed by atoms with Crippen LogP contribution >= 0.6 is 0 Å². The summed E-state index contributed by atoms with van der Waals surface area (Å²) in [6, 6.07) is 4.72. The van der Waals surface area contributed by atoms with Crippen LogP contribution in [0, 0.1) is 6.92 Å². The molecule has 3 rings (SSSR count). The molecule has 2 aromatic rings. The summed E-state index contributed by atoms with van der Waals surface area (Å²) in [6.07, 6.45) is 6.51. The van der Waals surface area contributed by atoms with Crippen LogP contribution in [-0.2, 0) is 10.0 Å². The van der Waals surface area contributed by atoms with Gasteiger partial charge in [0.25, 0.3) is 10.0 Å². The van der Waals surface area contributed by atoms with E-state index in [4.69, 9.17) is 4.74 Å². The third kappa shape index (κ3) is 4.01. The molecule has 1 aliphatic heterocycles. The molecule has 1 aromatic carbocycles. The largest absolute Gasteiger partial charge is 0.496 e. The van der Waals surface area contributed by atoms with Gasteiger partial charge in [0, 0.05) is 13.1 Å². The lowest BCUT2D eigenvalue weighted by atomic mass is 10.1. The van der Waals surface area contributed by atoms with Gasteiger partial charge in [-0.2, -0.15) is 0 Å². The Morgan fingerprint density at radius 3 is 2.40 bits per heavy atom. The third-order valence-corrected chi connectivity index (χ3v) is 5.58.